The molecule has 0 aliphatic heterocycles. The van der Waals surface area contributed by atoms with Crippen molar-refractivity contribution in [1.82, 2.24) is 14.5 Å². The number of hydrogen-bond acceptors (Lipinski definition) is 7. The molecule has 1 aromatic carbocycles. The maximum Gasteiger partial charge on any atom is 0.306 e. The van der Waals surface area contributed by atoms with Crippen LogP contribution in [-0.4, -0.2) is 37.6 Å². The van der Waals surface area contributed by atoms with Gasteiger partial charge in [0.1, 0.15) is 5.75 Å². The third-order valence-electron chi connectivity index (χ3n) is 5.14. The number of aryl methyl sites for hydroxylation is 2. The molecule has 31 heavy (non-hydrogen) atoms. The number of benzene rings is 1. The summed E-state index contributed by atoms with van der Waals surface area (Å²) in [6.07, 6.45) is 3.33. The molecule has 0 spiro atoms. The number of aromatic amines is 1. The first-order valence-electron chi connectivity index (χ1n) is 9.54. The number of aromatic hydroxyl groups is 1. The number of nitrogens with zero attached hydrogens (tertiary/aromatic N) is 3. The lowest BCUT2D eigenvalue weighted by Gasteiger charge is -2.20. The Morgan fingerprint density at radius 3 is 2.77 bits per heavy atom. The van der Waals surface area contributed by atoms with Gasteiger partial charge >= 0.3 is 5.97 Å². The molecule has 0 aliphatic carbocycles. The second kappa shape index (κ2) is 9.24. The Bertz CT molecular complexity index is 1150. The standard InChI is InChI=1S/C21H22N4O6/c1-13-9-18(26)20(21(28)24(13)8-7-14-11-22-12-23-14)16(10-19(27)31-2)15-5-3-4-6-17(15)25(29)30/h3-6,9,11-12,16,26H,7-8,10H2,1-2H3,(H,22,23). The molecule has 3 aromatic rings. The van der Waals surface area contributed by atoms with Crippen molar-refractivity contribution in [2.75, 3.05) is 7.11 Å². The second-order valence-corrected chi connectivity index (χ2v) is 7.02. The summed E-state index contributed by atoms with van der Waals surface area (Å²) >= 11 is 0. The second-order valence-electron chi connectivity index (χ2n) is 7.02. The molecule has 0 saturated carbocycles. The van der Waals surface area contributed by atoms with Crippen molar-refractivity contribution < 1.29 is 19.6 Å². The molecule has 3 rings (SSSR count). The number of nitrogens with one attached hydrogen (secondary N) is 1. The predicted molar refractivity (Wildman–Crippen MR) is 111 cm³/mol. The van der Waals surface area contributed by atoms with Crippen LogP contribution in [0.15, 0.2) is 47.7 Å². The van der Waals surface area contributed by atoms with Crippen molar-refractivity contribution in [2.24, 2.45) is 0 Å². The number of para-hydroxylation sites is 1. The van der Waals surface area contributed by atoms with E-state index in [9.17, 15) is 24.8 Å². The molecule has 2 N–H and O–H groups in total. The van der Waals surface area contributed by atoms with Crippen LogP contribution in [0.2, 0.25) is 0 Å². The third kappa shape index (κ3) is 4.63. The maximum atomic E-state index is 13.4. The Morgan fingerprint density at radius 2 is 2.13 bits per heavy atom. The zero-order valence-corrected chi connectivity index (χ0v) is 17.1. The van der Waals surface area contributed by atoms with Gasteiger partial charge in [-0.3, -0.25) is 19.7 Å². The normalized spacial score (nSPS) is 11.8. The smallest absolute Gasteiger partial charge is 0.306 e. The Hall–Kier alpha value is -3.95. The number of hydrogen-bond donors (Lipinski definition) is 2. The first kappa shape index (κ1) is 21.8. The Balaban J connectivity index is 2.15. The molecule has 1 unspecified atom stereocenters. The summed E-state index contributed by atoms with van der Waals surface area (Å²) in [6, 6.07) is 7.26. The fraction of sp³-hybridized carbons (Fsp3) is 0.286. The summed E-state index contributed by atoms with van der Waals surface area (Å²) in [5.74, 6) is -2.04. The van der Waals surface area contributed by atoms with Gasteiger partial charge in [-0.1, -0.05) is 18.2 Å². The average molecular weight is 426 g/mol. The molecule has 2 aromatic heterocycles. The largest absolute Gasteiger partial charge is 0.507 e. The van der Waals surface area contributed by atoms with Crippen LogP contribution >= 0.6 is 0 Å². The van der Waals surface area contributed by atoms with Gasteiger partial charge in [0.05, 0.1) is 30.3 Å². The first-order valence-corrected chi connectivity index (χ1v) is 9.54. The van der Waals surface area contributed by atoms with Gasteiger partial charge in [0, 0.05) is 48.1 Å². The summed E-state index contributed by atoms with van der Waals surface area (Å²) in [5.41, 5.74) is 0.629. The Labute approximate surface area is 177 Å². The Morgan fingerprint density at radius 1 is 1.39 bits per heavy atom. The summed E-state index contributed by atoms with van der Waals surface area (Å²) in [6.45, 7) is 1.97. The molecule has 10 nitrogen and oxygen atoms in total. The van der Waals surface area contributed by atoms with Gasteiger partial charge in [-0.25, -0.2) is 4.98 Å². The Kier molecular flexibility index (Phi) is 6.49. The number of nitro benzene ring substituents is 1. The molecule has 10 heteroatoms. The van der Waals surface area contributed by atoms with Crippen LogP contribution in [0.25, 0.3) is 0 Å². The topological polar surface area (TPSA) is 140 Å². The minimum Gasteiger partial charge on any atom is -0.507 e. The van der Waals surface area contributed by atoms with E-state index in [1.54, 1.807) is 19.2 Å². The summed E-state index contributed by atoms with van der Waals surface area (Å²) in [5, 5.41) is 22.2. The fourth-order valence-electron chi connectivity index (χ4n) is 3.59. The van der Waals surface area contributed by atoms with Gasteiger partial charge in [0.15, 0.2) is 0 Å². The van der Waals surface area contributed by atoms with Crippen LogP contribution in [0.3, 0.4) is 0 Å². The number of aromatic nitrogens is 3. The highest BCUT2D eigenvalue weighted by Crippen LogP contribution is 2.37. The zero-order valence-electron chi connectivity index (χ0n) is 17.1. The minimum absolute atomic E-state index is 0.0880. The van der Waals surface area contributed by atoms with Crippen LogP contribution in [0.5, 0.6) is 5.75 Å². The van der Waals surface area contributed by atoms with E-state index in [-0.39, 0.29) is 29.0 Å². The molecule has 2 heterocycles. The van der Waals surface area contributed by atoms with Gasteiger partial charge in [-0.05, 0) is 13.0 Å². The molecule has 162 valence electrons. The van der Waals surface area contributed by atoms with Gasteiger partial charge in [-0.2, -0.15) is 0 Å². The molecular weight excluding hydrogens is 404 g/mol. The van der Waals surface area contributed by atoms with Crippen molar-refractivity contribution in [3.05, 3.63) is 85.8 Å². The molecule has 0 fully saturated rings. The molecule has 0 saturated heterocycles. The van der Waals surface area contributed by atoms with Crippen LogP contribution < -0.4 is 5.56 Å². The summed E-state index contributed by atoms with van der Waals surface area (Å²) in [4.78, 5) is 43.4. The molecule has 0 bridgehead atoms. The monoisotopic (exact) mass is 426 g/mol. The van der Waals surface area contributed by atoms with E-state index >= 15 is 0 Å². The number of carbonyl (C=O) groups excluding carboxylic acids is 1. The lowest BCUT2D eigenvalue weighted by atomic mass is 9.87. The highest BCUT2D eigenvalue weighted by Gasteiger charge is 2.31. The lowest BCUT2D eigenvalue weighted by molar-refractivity contribution is -0.385. The first-order chi connectivity index (χ1) is 14.8. The van der Waals surface area contributed by atoms with E-state index in [4.69, 9.17) is 4.74 Å². The van der Waals surface area contributed by atoms with Crippen molar-refractivity contribution >= 4 is 11.7 Å². The van der Waals surface area contributed by atoms with Crippen LogP contribution in [-0.2, 0) is 22.5 Å². The number of nitro groups is 1. The minimum atomic E-state index is -1.06. The van der Waals surface area contributed by atoms with Crippen molar-refractivity contribution in [2.45, 2.75) is 32.2 Å². The molecular formula is C21H22N4O6. The summed E-state index contributed by atoms with van der Waals surface area (Å²) in [7, 11) is 1.19. The highest BCUT2D eigenvalue weighted by molar-refractivity contribution is 5.72. The highest BCUT2D eigenvalue weighted by atomic mass is 16.6. The van der Waals surface area contributed by atoms with Gasteiger partial charge in [-0.15, -0.1) is 0 Å². The molecule has 0 aliphatic rings. The fourth-order valence-corrected chi connectivity index (χ4v) is 3.59. The van der Waals surface area contributed by atoms with Crippen molar-refractivity contribution in [1.29, 1.82) is 0 Å². The zero-order chi connectivity index (χ0) is 22.5. The lowest BCUT2D eigenvalue weighted by Crippen LogP contribution is -2.29. The van der Waals surface area contributed by atoms with Crippen LogP contribution in [0, 0.1) is 17.0 Å². The van der Waals surface area contributed by atoms with E-state index in [0.29, 0.717) is 18.7 Å². The number of carbonyl (C=O) groups is 1. The number of ether oxygens (including phenoxy) is 1. The molecule has 0 amide bonds. The number of rotatable bonds is 8. The van der Waals surface area contributed by atoms with E-state index in [0.717, 1.165) is 5.69 Å². The predicted octanol–water partition coefficient (Wildman–Crippen LogP) is 2.43. The number of pyridine rings is 1. The summed E-state index contributed by atoms with van der Waals surface area (Å²) < 4.78 is 6.21. The maximum absolute atomic E-state index is 13.4. The van der Waals surface area contributed by atoms with Gasteiger partial charge in [0.2, 0.25) is 0 Å². The number of methoxy groups -OCH3 is 1. The van der Waals surface area contributed by atoms with E-state index in [1.165, 1.54) is 42.3 Å². The van der Waals surface area contributed by atoms with Gasteiger partial charge < -0.3 is 19.4 Å². The van der Waals surface area contributed by atoms with Crippen molar-refractivity contribution in [3.8, 4) is 5.75 Å². The average Bonchev–Trinajstić information content (AvgIpc) is 3.26. The third-order valence-corrected chi connectivity index (χ3v) is 5.14. The van der Waals surface area contributed by atoms with Crippen LogP contribution in [0.4, 0.5) is 5.69 Å². The van der Waals surface area contributed by atoms with Crippen molar-refractivity contribution in [3.63, 3.8) is 0 Å². The van der Waals surface area contributed by atoms with E-state index in [2.05, 4.69) is 9.97 Å². The molecule has 1 atom stereocenters. The van der Waals surface area contributed by atoms with E-state index in [1.807, 2.05) is 0 Å². The quantitative estimate of drug-likeness (QED) is 0.320. The van der Waals surface area contributed by atoms with Crippen LogP contribution in [0.1, 0.15) is 34.9 Å². The number of imidazole rings is 1. The van der Waals surface area contributed by atoms with E-state index < -0.39 is 22.4 Å². The SMILES string of the molecule is COC(=O)CC(c1ccccc1[N+](=O)[O-])c1c(O)cc(C)n(CCc2cnc[nH]2)c1=O. The van der Waals surface area contributed by atoms with Gasteiger partial charge in [0.25, 0.3) is 11.2 Å². The number of esters is 1. The number of H-pyrrole nitrogens is 1. The molecule has 0 radical (unpaired) electrons.